The molecule has 0 radical (unpaired) electrons. The van der Waals surface area contributed by atoms with Crippen LogP contribution in [0.15, 0.2) is 85.1 Å². The first-order valence-corrected chi connectivity index (χ1v) is 30.8. The summed E-state index contributed by atoms with van der Waals surface area (Å²) in [5, 5.41) is 9.71. The molecule has 0 spiro atoms. The summed E-state index contributed by atoms with van der Waals surface area (Å²) in [7, 11) is 5.97. The lowest BCUT2D eigenvalue weighted by atomic mass is 10.0. The summed E-state index contributed by atoms with van der Waals surface area (Å²) in [6, 6.07) is 0. The van der Waals surface area contributed by atoms with E-state index in [-0.39, 0.29) is 32.2 Å². The number of carboxylic acid groups (broad SMARTS) is 1. The summed E-state index contributed by atoms with van der Waals surface area (Å²) in [5.41, 5.74) is 0. The number of carbonyl (C=O) groups is 3. The van der Waals surface area contributed by atoms with Gasteiger partial charge in [-0.3, -0.25) is 9.59 Å². The van der Waals surface area contributed by atoms with Crippen molar-refractivity contribution in [1.29, 1.82) is 0 Å². The van der Waals surface area contributed by atoms with Gasteiger partial charge in [0.05, 0.1) is 34.4 Å². The van der Waals surface area contributed by atoms with Crippen molar-refractivity contribution in [3.05, 3.63) is 85.1 Å². The van der Waals surface area contributed by atoms with Crippen LogP contribution in [0.3, 0.4) is 0 Å². The third kappa shape index (κ3) is 58.0. The Hall–Kier alpha value is -3.53. The van der Waals surface area contributed by atoms with E-state index >= 15 is 0 Å². The van der Waals surface area contributed by atoms with Gasteiger partial charge in [-0.25, -0.2) is 4.79 Å². The average molecular weight is 1050 g/mol. The lowest BCUT2D eigenvalue weighted by molar-refractivity contribution is -0.870. The van der Waals surface area contributed by atoms with Crippen LogP contribution in [0.4, 0.5) is 0 Å². The van der Waals surface area contributed by atoms with Crippen LogP contribution in [0.1, 0.15) is 258 Å². The minimum Gasteiger partial charge on any atom is -0.477 e. The van der Waals surface area contributed by atoms with E-state index in [1.54, 1.807) is 0 Å². The second-order valence-corrected chi connectivity index (χ2v) is 21.6. The standard InChI is InChI=1S/C66H115NO8/c1-6-8-10-12-14-16-18-20-22-24-25-26-27-28-29-30-31-32-33-34-35-36-37-38-39-41-43-45-47-49-51-53-55-57-64(69)75-62(61-74-66(65(70)71)72-59-58-67(3,4)5)60-73-63(68)56-54-52-50-48-46-44-42-40-23-21-19-17-15-13-11-9-7-2/h8,10,14,16,20-23,25-26,28-29,31-32,62,66H,6-7,9,11-13,15,17-19,24,27,30,33-61H2,1-5H3/p+1/b10-8-,16-14-,22-20-,23-21-,26-25-,29-28-,32-31-. The molecule has 0 aliphatic heterocycles. The van der Waals surface area contributed by atoms with Gasteiger partial charge in [0.25, 0.3) is 6.29 Å². The number of esters is 2. The Morgan fingerprint density at radius 2 is 0.760 bits per heavy atom. The quantitative estimate of drug-likeness (QED) is 0.0211. The van der Waals surface area contributed by atoms with Gasteiger partial charge in [-0.05, 0) is 89.9 Å². The number of hydrogen-bond acceptors (Lipinski definition) is 7. The second kappa shape index (κ2) is 56.7. The van der Waals surface area contributed by atoms with Gasteiger partial charge in [-0.1, -0.05) is 240 Å². The molecular weight excluding hydrogens is 935 g/mol. The van der Waals surface area contributed by atoms with Crippen molar-refractivity contribution >= 4 is 17.9 Å². The average Bonchev–Trinajstić information content (AvgIpc) is 3.38. The van der Waals surface area contributed by atoms with Crippen LogP contribution < -0.4 is 0 Å². The maximum atomic E-state index is 12.9. The fraction of sp³-hybridized carbons (Fsp3) is 0.742. The third-order valence-corrected chi connectivity index (χ3v) is 13.1. The molecule has 0 aromatic carbocycles. The SMILES string of the molecule is CC/C=C\C/C=C\C/C=C\C/C=C\C/C=C\C/C=C\CCCCCCCCCCCCCCCCC(=O)OC(COC(=O)CCCCCCCCC/C=C\CCCCCCCC)COC(OCC[N+](C)(C)C)C(=O)O. The Morgan fingerprint density at radius 1 is 0.413 bits per heavy atom. The van der Waals surface area contributed by atoms with Crippen molar-refractivity contribution in [2.45, 2.75) is 270 Å². The second-order valence-electron chi connectivity index (χ2n) is 21.6. The Balaban J connectivity index is 4.16. The highest BCUT2D eigenvalue weighted by Crippen LogP contribution is 2.16. The largest absolute Gasteiger partial charge is 0.477 e. The van der Waals surface area contributed by atoms with Crippen molar-refractivity contribution in [3.63, 3.8) is 0 Å². The summed E-state index contributed by atoms with van der Waals surface area (Å²) in [5.74, 6) is -2.01. The van der Waals surface area contributed by atoms with Gasteiger partial charge < -0.3 is 28.5 Å². The molecule has 0 heterocycles. The zero-order valence-corrected chi connectivity index (χ0v) is 49.2. The fourth-order valence-electron chi connectivity index (χ4n) is 8.42. The smallest absolute Gasteiger partial charge is 0.361 e. The molecule has 1 N–H and O–H groups in total. The number of rotatable bonds is 56. The first-order chi connectivity index (χ1) is 36.6. The Labute approximate surface area is 461 Å². The van der Waals surface area contributed by atoms with Crippen LogP contribution in [0.25, 0.3) is 0 Å². The summed E-state index contributed by atoms with van der Waals surface area (Å²) >= 11 is 0. The predicted molar refractivity (Wildman–Crippen MR) is 318 cm³/mol. The highest BCUT2D eigenvalue weighted by atomic mass is 16.7. The summed E-state index contributed by atoms with van der Waals surface area (Å²) < 4.78 is 22.9. The number of quaternary nitrogens is 1. The Morgan fingerprint density at radius 3 is 1.15 bits per heavy atom. The number of likely N-dealkylation sites (N-methyl/N-ethyl adjacent to an activating group) is 1. The van der Waals surface area contributed by atoms with Crippen LogP contribution >= 0.6 is 0 Å². The van der Waals surface area contributed by atoms with Crippen molar-refractivity contribution in [2.24, 2.45) is 0 Å². The highest BCUT2D eigenvalue weighted by Gasteiger charge is 2.25. The molecule has 0 aliphatic carbocycles. The zero-order valence-electron chi connectivity index (χ0n) is 49.2. The predicted octanol–water partition coefficient (Wildman–Crippen LogP) is 18.3. The molecule has 0 rings (SSSR count). The van der Waals surface area contributed by atoms with Gasteiger partial charge in [0, 0.05) is 12.8 Å². The molecule has 0 saturated heterocycles. The van der Waals surface area contributed by atoms with Crippen LogP contribution in [-0.4, -0.2) is 87.4 Å². The minimum atomic E-state index is -1.51. The van der Waals surface area contributed by atoms with Gasteiger partial charge in [-0.15, -0.1) is 0 Å². The molecular formula is C66H116NO8+. The first kappa shape index (κ1) is 71.5. The van der Waals surface area contributed by atoms with Crippen molar-refractivity contribution < 1.29 is 42.9 Å². The Bertz CT molecular complexity index is 1500. The number of allylic oxidation sites excluding steroid dienone is 14. The van der Waals surface area contributed by atoms with Crippen LogP contribution in [-0.2, 0) is 33.3 Å². The van der Waals surface area contributed by atoms with E-state index in [4.69, 9.17) is 18.9 Å². The molecule has 2 atom stereocenters. The Kier molecular flexibility index (Phi) is 54.0. The normalized spacial score (nSPS) is 13.3. The monoisotopic (exact) mass is 1050 g/mol. The molecule has 0 fully saturated rings. The summed E-state index contributed by atoms with van der Waals surface area (Å²) in [4.78, 5) is 37.4. The van der Waals surface area contributed by atoms with Gasteiger partial charge in [0.1, 0.15) is 13.2 Å². The van der Waals surface area contributed by atoms with E-state index in [0.717, 1.165) is 77.0 Å². The molecule has 0 aromatic heterocycles. The molecule has 0 bridgehead atoms. The lowest BCUT2D eigenvalue weighted by Crippen LogP contribution is -2.40. The molecule has 2 unspecified atom stereocenters. The van der Waals surface area contributed by atoms with E-state index in [2.05, 4.69) is 98.9 Å². The van der Waals surface area contributed by atoms with Crippen molar-refractivity contribution in [3.8, 4) is 0 Å². The highest BCUT2D eigenvalue weighted by molar-refractivity contribution is 5.71. The molecule has 75 heavy (non-hydrogen) atoms. The number of hydrogen-bond donors (Lipinski definition) is 1. The van der Waals surface area contributed by atoms with Gasteiger partial charge >= 0.3 is 17.9 Å². The number of carboxylic acids is 1. The number of carbonyl (C=O) groups excluding carboxylic acids is 2. The molecule has 0 aromatic rings. The lowest BCUT2D eigenvalue weighted by Gasteiger charge is -2.25. The molecule has 9 heteroatoms. The maximum Gasteiger partial charge on any atom is 0.361 e. The minimum absolute atomic E-state index is 0.185. The number of aliphatic carboxylic acids is 1. The number of unbranched alkanes of at least 4 members (excludes halogenated alkanes) is 27. The van der Waals surface area contributed by atoms with Gasteiger partial charge in [0.15, 0.2) is 6.10 Å². The molecule has 432 valence electrons. The summed E-state index contributed by atoms with van der Waals surface area (Å²) in [6.45, 7) is 4.77. The van der Waals surface area contributed by atoms with E-state index in [1.165, 1.54) is 154 Å². The fourth-order valence-corrected chi connectivity index (χ4v) is 8.42. The molecule has 0 amide bonds. The van der Waals surface area contributed by atoms with E-state index < -0.39 is 24.3 Å². The molecule has 0 saturated carbocycles. The number of ether oxygens (including phenoxy) is 4. The van der Waals surface area contributed by atoms with Crippen LogP contribution in [0, 0.1) is 0 Å². The zero-order chi connectivity index (χ0) is 54.8. The maximum absolute atomic E-state index is 12.9. The first-order valence-electron chi connectivity index (χ1n) is 30.8. The van der Waals surface area contributed by atoms with Crippen LogP contribution in [0.2, 0.25) is 0 Å². The summed E-state index contributed by atoms with van der Waals surface area (Å²) in [6.07, 6.45) is 72.4. The molecule has 0 aliphatic rings. The van der Waals surface area contributed by atoms with E-state index in [0.29, 0.717) is 17.4 Å². The van der Waals surface area contributed by atoms with Crippen molar-refractivity contribution in [1.82, 2.24) is 0 Å². The number of nitrogens with zero attached hydrogens (tertiary/aromatic N) is 1. The van der Waals surface area contributed by atoms with Crippen LogP contribution in [0.5, 0.6) is 0 Å². The van der Waals surface area contributed by atoms with Gasteiger partial charge in [0.2, 0.25) is 0 Å². The van der Waals surface area contributed by atoms with E-state index in [9.17, 15) is 19.5 Å². The van der Waals surface area contributed by atoms with E-state index in [1.807, 2.05) is 21.1 Å². The third-order valence-electron chi connectivity index (χ3n) is 13.1. The van der Waals surface area contributed by atoms with Crippen molar-refractivity contribution in [2.75, 3.05) is 47.5 Å². The molecule has 9 nitrogen and oxygen atoms in total. The van der Waals surface area contributed by atoms with Gasteiger partial charge in [-0.2, -0.15) is 0 Å². The topological polar surface area (TPSA) is 108 Å².